The summed E-state index contributed by atoms with van der Waals surface area (Å²) in [6, 6.07) is 15.3. The van der Waals surface area contributed by atoms with Crippen LogP contribution in [0.25, 0.3) is 11.3 Å². The van der Waals surface area contributed by atoms with Crippen LogP contribution in [0.2, 0.25) is 0 Å². The van der Waals surface area contributed by atoms with Crippen LogP contribution >= 0.6 is 0 Å². The Labute approximate surface area is 181 Å². The predicted octanol–water partition coefficient (Wildman–Crippen LogP) is 3.61. The Morgan fingerprint density at radius 2 is 1.84 bits per heavy atom. The molecule has 4 rings (SSSR count). The smallest absolute Gasteiger partial charge is 0.227 e. The number of aromatic nitrogens is 2. The molecule has 8 heteroatoms. The number of hydrogen-bond donors (Lipinski definition) is 1. The maximum atomic E-state index is 9.34. The first-order valence-electron chi connectivity index (χ1n) is 9.91. The summed E-state index contributed by atoms with van der Waals surface area (Å²) in [5.41, 5.74) is 3.82. The summed E-state index contributed by atoms with van der Waals surface area (Å²) in [6.07, 6.45) is 1.68. The second-order valence-corrected chi connectivity index (χ2v) is 6.90. The van der Waals surface area contributed by atoms with Gasteiger partial charge in [-0.15, -0.1) is 0 Å². The van der Waals surface area contributed by atoms with Crippen LogP contribution in [0.15, 0.2) is 48.7 Å². The molecule has 0 aliphatic carbocycles. The lowest BCUT2D eigenvalue weighted by atomic mass is 10.1. The second-order valence-electron chi connectivity index (χ2n) is 6.90. The fraction of sp³-hybridized carbons (Fsp3) is 0.261. The van der Waals surface area contributed by atoms with Crippen molar-refractivity contribution in [2.24, 2.45) is 0 Å². The van der Waals surface area contributed by atoms with Crippen LogP contribution in [0, 0.1) is 11.3 Å². The molecule has 1 saturated heterocycles. The van der Waals surface area contributed by atoms with Gasteiger partial charge in [0.25, 0.3) is 0 Å². The Morgan fingerprint density at radius 3 is 2.58 bits per heavy atom. The highest BCUT2D eigenvalue weighted by Gasteiger charge is 2.16. The van der Waals surface area contributed by atoms with Gasteiger partial charge in [0.1, 0.15) is 17.6 Å². The molecule has 1 aliphatic heterocycles. The number of nitriles is 1. The highest BCUT2D eigenvalue weighted by atomic mass is 16.5. The highest BCUT2D eigenvalue weighted by Crippen LogP contribution is 2.33. The Morgan fingerprint density at radius 1 is 1.03 bits per heavy atom. The van der Waals surface area contributed by atoms with Gasteiger partial charge in [-0.1, -0.05) is 0 Å². The van der Waals surface area contributed by atoms with Crippen molar-refractivity contribution in [3.63, 3.8) is 0 Å². The summed E-state index contributed by atoms with van der Waals surface area (Å²) in [5.74, 6) is 1.76. The van der Waals surface area contributed by atoms with Crippen molar-refractivity contribution < 1.29 is 14.2 Å². The lowest BCUT2D eigenvalue weighted by molar-refractivity contribution is 0.122. The maximum Gasteiger partial charge on any atom is 0.227 e. The van der Waals surface area contributed by atoms with E-state index in [2.05, 4.69) is 26.3 Å². The average molecular weight is 417 g/mol. The van der Waals surface area contributed by atoms with Gasteiger partial charge in [0.05, 0.1) is 44.4 Å². The van der Waals surface area contributed by atoms with E-state index in [4.69, 9.17) is 14.2 Å². The first-order chi connectivity index (χ1) is 15.2. The number of hydrogen-bond acceptors (Lipinski definition) is 8. The third-order valence-corrected chi connectivity index (χ3v) is 5.06. The van der Waals surface area contributed by atoms with E-state index in [0.29, 0.717) is 36.2 Å². The number of ether oxygens (including phenoxy) is 3. The van der Waals surface area contributed by atoms with Gasteiger partial charge >= 0.3 is 0 Å². The first-order valence-corrected chi connectivity index (χ1v) is 9.91. The van der Waals surface area contributed by atoms with Crippen molar-refractivity contribution in [3.05, 3.63) is 54.2 Å². The summed E-state index contributed by atoms with van der Waals surface area (Å²) in [6.45, 7) is 3.09. The Hall–Kier alpha value is -3.83. The second kappa shape index (κ2) is 9.32. The molecule has 1 N–H and O–H groups in total. The minimum absolute atomic E-state index is 0.452. The molecule has 1 aromatic heterocycles. The van der Waals surface area contributed by atoms with Crippen LogP contribution in [0.1, 0.15) is 5.56 Å². The first kappa shape index (κ1) is 20.4. The van der Waals surface area contributed by atoms with Gasteiger partial charge in [-0.2, -0.15) is 5.26 Å². The van der Waals surface area contributed by atoms with Gasteiger partial charge in [0.15, 0.2) is 0 Å². The lowest BCUT2D eigenvalue weighted by Crippen LogP contribution is -2.36. The number of methoxy groups -OCH3 is 2. The maximum absolute atomic E-state index is 9.34. The molecule has 0 unspecified atom stereocenters. The number of rotatable bonds is 6. The quantitative estimate of drug-likeness (QED) is 0.650. The number of nitrogens with zero attached hydrogens (tertiary/aromatic N) is 4. The number of morpholine rings is 1. The molecule has 8 nitrogen and oxygen atoms in total. The molecule has 0 bridgehead atoms. The van der Waals surface area contributed by atoms with Gasteiger partial charge in [-0.05, 0) is 36.4 Å². The largest absolute Gasteiger partial charge is 0.495 e. The zero-order valence-corrected chi connectivity index (χ0v) is 17.5. The molecule has 2 heterocycles. The summed E-state index contributed by atoms with van der Waals surface area (Å²) >= 11 is 0. The van der Waals surface area contributed by atoms with Crippen LogP contribution in [-0.4, -0.2) is 50.5 Å². The Kier molecular flexibility index (Phi) is 6.15. The van der Waals surface area contributed by atoms with E-state index in [9.17, 15) is 5.26 Å². The van der Waals surface area contributed by atoms with Gasteiger partial charge in [0, 0.05) is 36.6 Å². The molecule has 0 saturated carbocycles. The molecule has 0 radical (unpaired) electrons. The minimum Gasteiger partial charge on any atom is -0.495 e. The van der Waals surface area contributed by atoms with E-state index in [0.717, 1.165) is 35.8 Å². The Bertz CT molecular complexity index is 1110. The molecule has 3 aromatic rings. The van der Waals surface area contributed by atoms with Crippen molar-refractivity contribution in [1.29, 1.82) is 5.26 Å². The van der Waals surface area contributed by atoms with Gasteiger partial charge in [-0.3, -0.25) is 0 Å². The minimum atomic E-state index is 0.452. The van der Waals surface area contributed by atoms with Crippen molar-refractivity contribution in [2.45, 2.75) is 0 Å². The fourth-order valence-electron chi connectivity index (χ4n) is 3.48. The SMILES string of the molecule is COc1ccc(-c2ccnc(Nc3ccc(N4CCOCC4)c(OC)c3)n2)cc1C#N. The number of nitrogens with one attached hydrogen (secondary N) is 1. The third kappa shape index (κ3) is 4.52. The lowest BCUT2D eigenvalue weighted by Gasteiger charge is -2.30. The van der Waals surface area contributed by atoms with Crippen LogP contribution in [0.5, 0.6) is 11.5 Å². The van der Waals surface area contributed by atoms with Crippen LogP contribution < -0.4 is 19.7 Å². The average Bonchev–Trinajstić information content (AvgIpc) is 2.84. The third-order valence-electron chi connectivity index (χ3n) is 5.06. The summed E-state index contributed by atoms with van der Waals surface area (Å²) in [7, 11) is 3.21. The van der Waals surface area contributed by atoms with Crippen molar-refractivity contribution in [2.75, 3.05) is 50.7 Å². The summed E-state index contributed by atoms with van der Waals surface area (Å²) in [4.78, 5) is 11.2. The Balaban J connectivity index is 1.57. The summed E-state index contributed by atoms with van der Waals surface area (Å²) < 4.78 is 16.3. The zero-order chi connectivity index (χ0) is 21.6. The molecule has 31 heavy (non-hydrogen) atoms. The number of anilines is 3. The van der Waals surface area contributed by atoms with Crippen LogP contribution in [0.4, 0.5) is 17.3 Å². The van der Waals surface area contributed by atoms with Gasteiger partial charge < -0.3 is 24.4 Å². The highest BCUT2D eigenvalue weighted by molar-refractivity contribution is 5.69. The normalized spacial score (nSPS) is 13.4. The molecule has 1 aliphatic rings. The van der Waals surface area contributed by atoms with Crippen molar-refractivity contribution in [3.8, 4) is 28.8 Å². The number of benzene rings is 2. The van der Waals surface area contributed by atoms with Crippen molar-refractivity contribution in [1.82, 2.24) is 9.97 Å². The van der Waals surface area contributed by atoms with Gasteiger partial charge in [-0.25, -0.2) is 9.97 Å². The molecular weight excluding hydrogens is 394 g/mol. The van der Waals surface area contributed by atoms with E-state index in [1.807, 2.05) is 24.3 Å². The monoisotopic (exact) mass is 417 g/mol. The predicted molar refractivity (Wildman–Crippen MR) is 118 cm³/mol. The topological polar surface area (TPSA) is 92.5 Å². The molecule has 0 amide bonds. The van der Waals surface area contributed by atoms with Crippen molar-refractivity contribution >= 4 is 17.3 Å². The molecule has 0 atom stereocenters. The summed E-state index contributed by atoms with van der Waals surface area (Å²) in [5, 5.41) is 12.6. The van der Waals surface area contributed by atoms with E-state index < -0.39 is 0 Å². The van der Waals surface area contributed by atoms with E-state index in [1.165, 1.54) is 0 Å². The van der Waals surface area contributed by atoms with E-state index >= 15 is 0 Å². The van der Waals surface area contributed by atoms with E-state index in [1.54, 1.807) is 38.6 Å². The van der Waals surface area contributed by atoms with Gasteiger partial charge in [0.2, 0.25) is 5.95 Å². The van der Waals surface area contributed by atoms with E-state index in [-0.39, 0.29) is 0 Å². The van der Waals surface area contributed by atoms with Crippen LogP contribution in [0.3, 0.4) is 0 Å². The molecule has 2 aromatic carbocycles. The molecular formula is C23H23N5O3. The van der Waals surface area contributed by atoms with Crippen LogP contribution in [-0.2, 0) is 4.74 Å². The fourth-order valence-corrected chi connectivity index (χ4v) is 3.48. The molecule has 0 spiro atoms. The zero-order valence-electron chi connectivity index (χ0n) is 17.5. The standard InChI is InChI=1S/C23H23N5O3/c1-29-21-6-3-16(13-17(21)15-24)19-7-8-25-23(27-19)26-18-4-5-20(22(14-18)30-2)28-9-11-31-12-10-28/h3-8,13-14H,9-12H2,1-2H3,(H,25,26,27). The molecule has 1 fully saturated rings. The molecule has 158 valence electrons.